The zero-order chi connectivity index (χ0) is 20.5. The van der Waals surface area contributed by atoms with E-state index in [9.17, 15) is 4.79 Å². The Morgan fingerprint density at radius 1 is 1.07 bits per heavy atom. The van der Waals surface area contributed by atoms with Gasteiger partial charge in [-0.3, -0.25) is 9.78 Å². The average molecular weight is 434 g/mol. The predicted molar refractivity (Wildman–Crippen MR) is 119 cm³/mol. The molecule has 4 aromatic rings. The van der Waals surface area contributed by atoms with Crippen molar-refractivity contribution in [2.75, 3.05) is 11.5 Å². The average Bonchev–Trinajstić information content (AvgIpc) is 3.28. The molecule has 7 heteroatoms. The number of thiazole rings is 1. The summed E-state index contributed by atoms with van der Waals surface area (Å²) in [6.07, 6.45) is 1.76. The van der Waals surface area contributed by atoms with Gasteiger partial charge in [0.15, 0.2) is 6.61 Å². The van der Waals surface area contributed by atoms with Crippen LogP contribution in [0.5, 0.6) is 5.75 Å². The Bertz CT molecular complexity index is 1210. The van der Waals surface area contributed by atoms with E-state index in [1.165, 1.54) is 0 Å². The highest BCUT2D eigenvalue weighted by Crippen LogP contribution is 2.38. The minimum absolute atomic E-state index is 0.0282. The molecule has 5 rings (SSSR count). The zero-order valence-corrected chi connectivity index (χ0v) is 17.4. The molecular weight excluding hydrogens is 418 g/mol. The van der Waals surface area contributed by atoms with Crippen LogP contribution in [0.25, 0.3) is 22.0 Å². The summed E-state index contributed by atoms with van der Waals surface area (Å²) in [7, 11) is 0. The van der Waals surface area contributed by atoms with Crippen molar-refractivity contribution in [3.8, 4) is 27.7 Å². The first-order valence-electron chi connectivity index (χ1n) is 9.36. The number of ether oxygens (including phenoxy) is 1. The second-order valence-corrected chi connectivity index (χ2v) is 8.12. The number of benzene rings is 2. The van der Waals surface area contributed by atoms with Crippen LogP contribution in [0.4, 0.5) is 5.69 Å². The van der Waals surface area contributed by atoms with E-state index >= 15 is 0 Å². The van der Waals surface area contributed by atoms with E-state index in [1.807, 2.05) is 66.0 Å². The van der Waals surface area contributed by atoms with Gasteiger partial charge in [0, 0.05) is 22.2 Å². The van der Waals surface area contributed by atoms with E-state index in [1.54, 1.807) is 22.4 Å². The number of hydrogen-bond donors (Lipinski definition) is 0. The molecule has 1 aliphatic rings. The van der Waals surface area contributed by atoms with Crippen molar-refractivity contribution in [3.05, 3.63) is 82.8 Å². The van der Waals surface area contributed by atoms with E-state index in [0.717, 1.165) is 33.2 Å². The summed E-state index contributed by atoms with van der Waals surface area (Å²) in [5, 5.41) is 3.52. The van der Waals surface area contributed by atoms with Gasteiger partial charge in [0.25, 0.3) is 5.91 Å². The molecule has 30 heavy (non-hydrogen) atoms. The maximum Gasteiger partial charge on any atom is 0.265 e. The molecule has 148 valence electrons. The number of aromatic nitrogens is 2. The topological polar surface area (TPSA) is 55.3 Å². The molecule has 2 aromatic carbocycles. The first-order chi connectivity index (χ1) is 14.7. The van der Waals surface area contributed by atoms with Crippen LogP contribution >= 0.6 is 22.9 Å². The van der Waals surface area contributed by atoms with Crippen molar-refractivity contribution in [1.29, 1.82) is 0 Å². The first-order valence-corrected chi connectivity index (χ1v) is 10.6. The molecule has 0 bridgehead atoms. The van der Waals surface area contributed by atoms with Gasteiger partial charge >= 0.3 is 0 Å². The number of rotatable bonds is 4. The molecule has 0 fully saturated rings. The summed E-state index contributed by atoms with van der Waals surface area (Å²) < 4.78 is 5.65. The Balaban J connectivity index is 1.49. The van der Waals surface area contributed by atoms with Gasteiger partial charge in [0.2, 0.25) is 0 Å². The van der Waals surface area contributed by atoms with Crippen LogP contribution in [-0.4, -0.2) is 22.5 Å². The third-order valence-electron chi connectivity index (χ3n) is 4.84. The molecule has 0 aliphatic carbocycles. The molecule has 0 saturated heterocycles. The number of fused-ring (bicyclic) bond motifs is 1. The molecular formula is C23H16ClN3O2S. The van der Waals surface area contributed by atoms with Crippen LogP contribution < -0.4 is 9.64 Å². The maximum absolute atomic E-state index is 12.6. The van der Waals surface area contributed by atoms with Crippen LogP contribution in [0.2, 0.25) is 5.02 Å². The van der Waals surface area contributed by atoms with Crippen molar-refractivity contribution in [2.24, 2.45) is 0 Å². The van der Waals surface area contributed by atoms with Gasteiger partial charge in [-0.05, 0) is 48.0 Å². The quantitative estimate of drug-likeness (QED) is 0.429. The minimum Gasteiger partial charge on any atom is -0.482 e. The lowest BCUT2D eigenvalue weighted by Gasteiger charge is -2.30. The lowest BCUT2D eigenvalue weighted by atomic mass is 10.1. The van der Waals surface area contributed by atoms with Crippen molar-refractivity contribution >= 4 is 34.5 Å². The van der Waals surface area contributed by atoms with Gasteiger partial charge in [-0.25, -0.2) is 4.98 Å². The van der Waals surface area contributed by atoms with E-state index in [-0.39, 0.29) is 12.5 Å². The van der Waals surface area contributed by atoms with Crippen molar-refractivity contribution in [1.82, 2.24) is 9.97 Å². The number of anilines is 1. The number of carbonyl (C=O) groups is 1. The number of carbonyl (C=O) groups excluding carboxylic acids is 1. The third-order valence-corrected chi connectivity index (χ3v) is 5.96. The highest BCUT2D eigenvalue weighted by molar-refractivity contribution is 7.13. The molecule has 0 atom stereocenters. The third kappa shape index (κ3) is 3.67. The number of hydrogen-bond acceptors (Lipinski definition) is 5. The Labute approximate surface area is 182 Å². The summed E-state index contributed by atoms with van der Waals surface area (Å²) in [6.45, 7) is 0.479. The lowest BCUT2D eigenvalue weighted by molar-refractivity contribution is -0.121. The monoisotopic (exact) mass is 433 g/mol. The van der Waals surface area contributed by atoms with Gasteiger partial charge in [0.1, 0.15) is 10.8 Å². The van der Waals surface area contributed by atoms with Crippen molar-refractivity contribution in [3.63, 3.8) is 0 Å². The molecule has 1 amide bonds. The normalized spacial score (nSPS) is 13.1. The molecule has 5 nitrogen and oxygen atoms in total. The molecule has 1 aliphatic heterocycles. The Morgan fingerprint density at radius 3 is 2.73 bits per heavy atom. The summed E-state index contributed by atoms with van der Waals surface area (Å²) >= 11 is 7.53. The summed E-state index contributed by atoms with van der Waals surface area (Å²) in [4.78, 5) is 23.5. The Kier molecular flexibility index (Phi) is 4.94. The van der Waals surface area contributed by atoms with Crippen LogP contribution in [0.3, 0.4) is 0 Å². The molecule has 0 saturated carbocycles. The van der Waals surface area contributed by atoms with E-state index in [4.69, 9.17) is 21.3 Å². The molecule has 0 spiro atoms. The number of amides is 1. The van der Waals surface area contributed by atoms with E-state index in [0.29, 0.717) is 17.3 Å². The summed E-state index contributed by atoms with van der Waals surface area (Å²) in [6, 6.07) is 19.1. The lowest BCUT2D eigenvalue weighted by Crippen LogP contribution is -2.38. The van der Waals surface area contributed by atoms with E-state index in [2.05, 4.69) is 4.98 Å². The fourth-order valence-corrected chi connectivity index (χ4v) is 4.25. The Morgan fingerprint density at radius 2 is 1.93 bits per heavy atom. The molecule has 3 heterocycles. The fourth-order valence-electron chi connectivity index (χ4n) is 3.32. The smallest absolute Gasteiger partial charge is 0.265 e. The van der Waals surface area contributed by atoms with Crippen LogP contribution in [0, 0.1) is 0 Å². The van der Waals surface area contributed by atoms with E-state index < -0.39 is 0 Å². The second kappa shape index (κ2) is 7.89. The standard InChI is InChI=1S/C23H16ClN3O2S/c24-17-7-4-15(5-8-17)12-27-20-11-16(6-9-21(20)29-13-22(27)28)19-14-30-23(26-19)18-3-1-2-10-25-18/h1-11,14H,12-13H2. The number of halogens is 1. The van der Waals surface area contributed by atoms with Crippen molar-refractivity contribution in [2.45, 2.75) is 6.54 Å². The van der Waals surface area contributed by atoms with Crippen LogP contribution in [0.1, 0.15) is 5.56 Å². The number of pyridine rings is 1. The van der Waals surface area contributed by atoms with Gasteiger partial charge in [-0.2, -0.15) is 0 Å². The SMILES string of the molecule is O=C1COc2ccc(-c3csc(-c4ccccn4)n3)cc2N1Cc1ccc(Cl)cc1. The largest absolute Gasteiger partial charge is 0.482 e. The minimum atomic E-state index is -0.0814. The molecule has 0 radical (unpaired) electrons. The highest BCUT2D eigenvalue weighted by Gasteiger charge is 2.26. The zero-order valence-electron chi connectivity index (χ0n) is 15.8. The Hall–Kier alpha value is -3.22. The molecule has 2 aromatic heterocycles. The number of nitrogens with zero attached hydrogens (tertiary/aromatic N) is 3. The van der Waals surface area contributed by atoms with Crippen molar-refractivity contribution < 1.29 is 9.53 Å². The van der Waals surface area contributed by atoms with Gasteiger partial charge in [-0.1, -0.05) is 29.8 Å². The van der Waals surface area contributed by atoms with Gasteiger partial charge in [-0.15, -0.1) is 11.3 Å². The van der Waals surface area contributed by atoms with Gasteiger partial charge < -0.3 is 9.64 Å². The predicted octanol–water partition coefficient (Wildman–Crippen LogP) is 5.45. The maximum atomic E-state index is 12.6. The second-order valence-electron chi connectivity index (χ2n) is 6.83. The highest BCUT2D eigenvalue weighted by atomic mass is 35.5. The molecule has 0 N–H and O–H groups in total. The van der Waals surface area contributed by atoms with Gasteiger partial charge in [0.05, 0.1) is 23.6 Å². The van der Waals surface area contributed by atoms with Crippen LogP contribution in [0.15, 0.2) is 72.2 Å². The molecule has 0 unspecified atom stereocenters. The summed E-state index contributed by atoms with van der Waals surface area (Å²) in [5.74, 6) is 0.606. The first kappa shape index (κ1) is 18.8. The van der Waals surface area contributed by atoms with Crippen LogP contribution in [-0.2, 0) is 11.3 Å². The fraction of sp³-hybridized carbons (Fsp3) is 0.0870. The summed E-state index contributed by atoms with van der Waals surface area (Å²) in [5.41, 5.74) is 4.34.